The summed E-state index contributed by atoms with van der Waals surface area (Å²) in [6, 6.07) is 1.10. The summed E-state index contributed by atoms with van der Waals surface area (Å²) < 4.78 is 45.4. The second kappa shape index (κ2) is 7.35. The van der Waals surface area contributed by atoms with Gasteiger partial charge >= 0.3 is 12.3 Å². The summed E-state index contributed by atoms with van der Waals surface area (Å²) in [5.74, 6) is 0. The Morgan fingerprint density at radius 3 is 2.36 bits per heavy atom. The molecule has 0 radical (unpaired) electrons. The van der Waals surface area contributed by atoms with E-state index in [0.717, 1.165) is 6.07 Å². The molecule has 6 nitrogen and oxygen atoms in total. The molecular formula is C18H27ClF3N3O3. The maximum absolute atomic E-state index is 13.4. The van der Waals surface area contributed by atoms with E-state index < -0.39 is 41.1 Å². The van der Waals surface area contributed by atoms with E-state index in [2.05, 4.69) is 4.98 Å². The molecule has 1 aromatic rings. The molecule has 1 atom stereocenters. The van der Waals surface area contributed by atoms with Gasteiger partial charge in [0.1, 0.15) is 5.60 Å². The normalized spacial score (nSPS) is 18.2. The van der Waals surface area contributed by atoms with E-state index >= 15 is 0 Å². The van der Waals surface area contributed by atoms with Crippen molar-refractivity contribution in [2.24, 2.45) is 5.73 Å². The maximum atomic E-state index is 13.4. The fourth-order valence-corrected chi connectivity index (χ4v) is 3.18. The van der Waals surface area contributed by atoms with Gasteiger partial charge in [-0.1, -0.05) is 32.9 Å². The molecule has 1 aliphatic rings. The average molecular weight is 426 g/mol. The largest absolute Gasteiger partial charge is 0.443 e. The number of anilines is 1. The minimum Gasteiger partial charge on any atom is -0.443 e. The van der Waals surface area contributed by atoms with Crippen LogP contribution in [0.2, 0.25) is 5.15 Å². The number of pyridine rings is 1. The second-order valence-electron chi connectivity index (χ2n) is 8.21. The second-order valence-corrected chi connectivity index (χ2v) is 8.57. The smallest absolute Gasteiger partial charge is 0.424 e. The third-order valence-electron chi connectivity index (χ3n) is 4.30. The van der Waals surface area contributed by atoms with Gasteiger partial charge in [-0.25, -0.2) is 9.78 Å². The number of alkyl halides is 3. The predicted octanol–water partition coefficient (Wildman–Crippen LogP) is 4.11. The molecule has 0 saturated heterocycles. The fraction of sp³-hybridized carbons (Fsp3) is 0.667. The Bertz CT molecular complexity index is 763. The van der Waals surface area contributed by atoms with Crippen molar-refractivity contribution in [3.05, 3.63) is 22.5 Å². The summed E-state index contributed by atoms with van der Waals surface area (Å²) in [6.45, 7) is 7.59. The quantitative estimate of drug-likeness (QED) is 0.696. The molecule has 1 unspecified atom stereocenters. The summed E-state index contributed by atoms with van der Waals surface area (Å²) in [7, 11) is 0. The summed E-state index contributed by atoms with van der Waals surface area (Å²) in [5, 5.41) is 9.77. The van der Waals surface area contributed by atoms with Crippen molar-refractivity contribution >= 4 is 23.4 Å². The monoisotopic (exact) mass is 425 g/mol. The highest BCUT2D eigenvalue weighted by Gasteiger charge is 2.56. The van der Waals surface area contributed by atoms with Crippen LogP contribution in [-0.2, 0) is 15.8 Å². The summed E-state index contributed by atoms with van der Waals surface area (Å²) in [5.41, 5.74) is 0.150. The highest BCUT2D eigenvalue weighted by Crippen LogP contribution is 2.47. The number of halogens is 4. The van der Waals surface area contributed by atoms with E-state index in [1.165, 1.54) is 4.90 Å². The molecular weight excluding hydrogens is 399 g/mol. The number of nitrogens with zero attached hydrogens (tertiary/aromatic N) is 2. The van der Waals surface area contributed by atoms with Gasteiger partial charge in [0.15, 0.2) is 5.15 Å². The summed E-state index contributed by atoms with van der Waals surface area (Å²) in [4.78, 5) is 17.5. The number of aliphatic hydroxyl groups is 1. The SMILES string of the molecule is C.CC(C)(C)OC(=O)N1CC(C)(C)c2cc(C(O)(CN)C(F)(F)F)nc(Cl)c21. The Balaban J connectivity index is 0.00000392. The molecule has 0 spiro atoms. The zero-order valence-electron chi connectivity index (χ0n) is 15.7. The average Bonchev–Trinajstić information content (AvgIpc) is 2.76. The van der Waals surface area contributed by atoms with Crippen molar-refractivity contribution in [2.45, 2.75) is 64.8 Å². The Morgan fingerprint density at radius 2 is 1.93 bits per heavy atom. The molecule has 0 aliphatic carbocycles. The Kier molecular flexibility index (Phi) is 6.42. The fourth-order valence-electron chi connectivity index (χ4n) is 2.89. The van der Waals surface area contributed by atoms with Gasteiger partial charge in [0.25, 0.3) is 0 Å². The molecule has 0 saturated carbocycles. The van der Waals surface area contributed by atoms with Crippen LogP contribution in [0.4, 0.5) is 23.7 Å². The maximum Gasteiger partial charge on any atom is 0.424 e. The Labute approximate surface area is 167 Å². The van der Waals surface area contributed by atoms with Crippen molar-refractivity contribution in [1.82, 2.24) is 4.98 Å². The molecule has 2 heterocycles. The first-order chi connectivity index (χ1) is 12.0. The van der Waals surface area contributed by atoms with Crippen LogP contribution in [0.5, 0.6) is 0 Å². The van der Waals surface area contributed by atoms with Crippen LogP contribution in [0.1, 0.15) is 53.3 Å². The highest BCUT2D eigenvalue weighted by atomic mass is 35.5. The molecule has 28 heavy (non-hydrogen) atoms. The number of aromatic nitrogens is 1. The van der Waals surface area contributed by atoms with Gasteiger partial charge in [0, 0.05) is 18.5 Å². The molecule has 3 N–H and O–H groups in total. The van der Waals surface area contributed by atoms with Gasteiger partial charge in [-0.05, 0) is 32.4 Å². The van der Waals surface area contributed by atoms with E-state index in [9.17, 15) is 23.1 Å². The van der Waals surface area contributed by atoms with Crippen LogP contribution in [0.25, 0.3) is 0 Å². The lowest BCUT2D eigenvalue weighted by molar-refractivity contribution is -0.263. The van der Waals surface area contributed by atoms with E-state index in [1.54, 1.807) is 34.6 Å². The van der Waals surface area contributed by atoms with Crippen LogP contribution < -0.4 is 10.6 Å². The highest BCUT2D eigenvalue weighted by molar-refractivity contribution is 6.33. The van der Waals surface area contributed by atoms with Gasteiger partial charge in [-0.3, -0.25) is 4.90 Å². The molecule has 10 heteroatoms. The Hall–Kier alpha value is -1.58. The van der Waals surface area contributed by atoms with Gasteiger partial charge in [-0.2, -0.15) is 13.2 Å². The topological polar surface area (TPSA) is 88.7 Å². The van der Waals surface area contributed by atoms with E-state index in [1.807, 2.05) is 0 Å². The van der Waals surface area contributed by atoms with Crippen molar-refractivity contribution in [3.8, 4) is 0 Å². The van der Waals surface area contributed by atoms with Crippen molar-refractivity contribution in [1.29, 1.82) is 0 Å². The lowest BCUT2D eigenvalue weighted by Crippen LogP contribution is -2.49. The van der Waals surface area contributed by atoms with Gasteiger partial charge in [0.05, 0.1) is 11.4 Å². The number of hydrogen-bond acceptors (Lipinski definition) is 5. The standard InChI is InChI=1S/C17H23ClF3N3O3.CH4/c1-14(2,3)27-13(25)24-8-15(4,5)9-6-10(23-12(18)11(9)24)16(26,7-22)17(19,20)21;/h6,26H,7-8,22H2,1-5H3;1H4. The van der Waals surface area contributed by atoms with Gasteiger partial charge in [-0.15, -0.1) is 0 Å². The summed E-state index contributed by atoms with van der Waals surface area (Å²) >= 11 is 6.15. The molecule has 160 valence electrons. The minimum absolute atomic E-state index is 0. The first-order valence-corrected chi connectivity index (χ1v) is 8.62. The number of amides is 1. The number of hydrogen-bond donors (Lipinski definition) is 2. The molecule has 2 rings (SSSR count). The third kappa shape index (κ3) is 4.21. The van der Waals surface area contributed by atoms with Crippen LogP contribution in [0, 0.1) is 0 Å². The lowest BCUT2D eigenvalue weighted by Gasteiger charge is -2.30. The third-order valence-corrected chi connectivity index (χ3v) is 4.57. The summed E-state index contributed by atoms with van der Waals surface area (Å²) in [6.07, 6.45) is -5.73. The van der Waals surface area contributed by atoms with Crippen LogP contribution in [0.3, 0.4) is 0 Å². The lowest BCUT2D eigenvalue weighted by atomic mass is 9.85. The first kappa shape index (κ1) is 24.5. The molecule has 1 aromatic heterocycles. The van der Waals surface area contributed by atoms with Gasteiger partial charge < -0.3 is 15.6 Å². The zero-order chi connectivity index (χ0) is 21.0. The van der Waals surface area contributed by atoms with Crippen LogP contribution >= 0.6 is 11.6 Å². The molecule has 0 bridgehead atoms. The number of fused-ring (bicyclic) bond motifs is 1. The number of carbonyl (C=O) groups excluding carboxylic acids is 1. The number of carbonyl (C=O) groups is 1. The van der Waals surface area contributed by atoms with Crippen molar-refractivity contribution < 1.29 is 27.8 Å². The predicted molar refractivity (Wildman–Crippen MR) is 102 cm³/mol. The molecule has 1 aliphatic heterocycles. The zero-order valence-corrected chi connectivity index (χ0v) is 16.5. The number of ether oxygens (including phenoxy) is 1. The van der Waals surface area contributed by atoms with E-state index in [-0.39, 0.29) is 24.8 Å². The van der Waals surface area contributed by atoms with Crippen molar-refractivity contribution in [2.75, 3.05) is 18.0 Å². The minimum atomic E-state index is -5.04. The van der Waals surface area contributed by atoms with E-state index in [4.69, 9.17) is 22.1 Å². The molecule has 0 aromatic carbocycles. The first-order valence-electron chi connectivity index (χ1n) is 8.25. The van der Waals surface area contributed by atoms with Crippen molar-refractivity contribution in [3.63, 3.8) is 0 Å². The van der Waals surface area contributed by atoms with E-state index in [0.29, 0.717) is 5.56 Å². The van der Waals surface area contributed by atoms with Crippen LogP contribution in [0.15, 0.2) is 6.07 Å². The molecule has 1 amide bonds. The molecule has 0 fully saturated rings. The van der Waals surface area contributed by atoms with Gasteiger partial charge in [0.2, 0.25) is 5.60 Å². The number of nitrogens with two attached hydrogens (primary N) is 1. The number of rotatable bonds is 2. The Morgan fingerprint density at radius 1 is 1.39 bits per heavy atom. The van der Waals surface area contributed by atoms with Crippen LogP contribution in [-0.4, -0.2) is 41.1 Å².